The van der Waals surface area contributed by atoms with E-state index in [1.165, 1.54) is 17.4 Å². The van der Waals surface area contributed by atoms with Crippen LogP contribution in [0.25, 0.3) is 0 Å². The van der Waals surface area contributed by atoms with Crippen LogP contribution in [0, 0.1) is 0 Å². The minimum absolute atomic E-state index is 0.107. The van der Waals surface area contributed by atoms with Gasteiger partial charge >= 0.3 is 0 Å². The molecule has 1 amide bonds. The predicted molar refractivity (Wildman–Crippen MR) is 58.9 cm³/mol. The number of carbonyl (C=O) groups excluding carboxylic acids is 1. The van der Waals surface area contributed by atoms with Gasteiger partial charge in [-0.3, -0.25) is 4.79 Å². The average molecular weight is 221 g/mol. The second-order valence-electron chi connectivity index (χ2n) is 3.05. The van der Waals surface area contributed by atoms with Crippen molar-refractivity contribution in [2.75, 3.05) is 6.54 Å². The fraction of sp³-hybridized carbons (Fsp3) is 0.200. The summed E-state index contributed by atoms with van der Waals surface area (Å²) in [5, 5.41) is 4.85. The van der Waals surface area contributed by atoms with E-state index in [0.29, 0.717) is 12.2 Å². The molecule has 2 rings (SSSR count). The molecule has 2 aromatic heterocycles. The molecule has 78 valence electrons. The van der Waals surface area contributed by atoms with Crippen LogP contribution in [-0.2, 0) is 6.42 Å². The first-order valence-corrected chi connectivity index (χ1v) is 5.53. The molecule has 0 spiro atoms. The summed E-state index contributed by atoms with van der Waals surface area (Å²) in [5.41, 5.74) is 0.501. The second-order valence-corrected chi connectivity index (χ2v) is 4.08. The maximum Gasteiger partial charge on any atom is 0.269 e. The lowest BCUT2D eigenvalue weighted by atomic mass is 10.3. The van der Waals surface area contributed by atoms with Gasteiger partial charge in [-0.1, -0.05) is 6.07 Å². The molecule has 0 fully saturated rings. The van der Waals surface area contributed by atoms with E-state index in [1.54, 1.807) is 11.3 Å². The Morgan fingerprint density at radius 2 is 2.53 bits per heavy atom. The van der Waals surface area contributed by atoms with Crippen LogP contribution in [0.2, 0.25) is 0 Å². The highest BCUT2D eigenvalue weighted by molar-refractivity contribution is 7.09. The van der Waals surface area contributed by atoms with Crippen molar-refractivity contribution in [1.82, 2.24) is 15.3 Å². The molecule has 2 aromatic rings. The third-order valence-electron chi connectivity index (χ3n) is 1.98. The van der Waals surface area contributed by atoms with E-state index in [4.69, 9.17) is 0 Å². The zero-order valence-corrected chi connectivity index (χ0v) is 8.88. The van der Waals surface area contributed by atoms with E-state index >= 15 is 0 Å². The summed E-state index contributed by atoms with van der Waals surface area (Å²) < 4.78 is 0. The smallest absolute Gasteiger partial charge is 0.269 e. The van der Waals surface area contributed by atoms with Gasteiger partial charge in [0.05, 0.1) is 12.5 Å². The molecule has 0 aliphatic carbocycles. The van der Waals surface area contributed by atoms with Gasteiger partial charge in [-0.15, -0.1) is 11.3 Å². The largest absolute Gasteiger partial charge is 0.350 e. The minimum Gasteiger partial charge on any atom is -0.350 e. The summed E-state index contributed by atoms with van der Waals surface area (Å²) in [6.07, 6.45) is 3.88. The van der Waals surface area contributed by atoms with Gasteiger partial charge in [0, 0.05) is 11.4 Å². The van der Waals surface area contributed by atoms with Gasteiger partial charge in [-0.05, 0) is 17.9 Å². The lowest BCUT2D eigenvalue weighted by Crippen LogP contribution is -2.25. The Labute approximate surface area is 91.4 Å². The van der Waals surface area contributed by atoms with Crippen LogP contribution < -0.4 is 5.32 Å². The molecule has 0 unspecified atom stereocenters. The normalized spacial score (nSPS) is 10.1. The third-order valence-corrected chi connectivity index (χ3v) is 2.92. The van der Waals surface area contributed by atoms with Crippen LogP contribution in [0.4, 0.5) is 0 Å². The quantitative estimate of drug-likeness (QED) is 0.820. The molecule has 15 heavy (non-hydrogen) atoms. The number of hydrogen-bond donors (Lipinski definition) is 2. The van der Waals surface area contributed by atoms with Crippen LogP contribution in [-0.4, -0.2) is 22.4 Å². The Morgan fingerprint density at radius 3 is 3.20 bits per heavy atom. The lowest BCUT2D eigenvalue weighted by Gasteiger charge is -2.01. The van der Waals surface area contributed by atoms with E-state index in [9.17, 15) is 4.79 Å². The Hall–Kier alpha value is -1.62. The maximum atomic E-state index is 11.5. The van der Waals surface area contributed by atoms with Gasteiger partial charge in [0.2, 0.25) is 0 Å². The van der Waals surface area contributed by atoms with Crippen molar-refractivity contribution in [2.45, 2.75) is 6.42 Å². The molecule has 4 nitrogen and oxygen atoms in total. The van der Waals surface area contributed by atoms with Gasteiger partial charge in [-0.2, -0.15) is 0 Å². The number of aromatic amines is 1. The van der Waals surface area contributed by atoms with Gasteiger partial charge in [0.1, 0.15) is 5.69 Å². The van der Waals surface area contributed by atoms with Crippen molar-refractivity contribution in [2.24, 2.45) is 0 Å². The summed E-state index contributed by atoms with van der Waals surface area (Å²) in [6, 6.07) is 4.07. The first-order chi connectivity index (χ1) is 7.36. The number of thiophene rings is 1. The first-order valence-electron chi connectivity index (χ1n) is 4.65. The molecule has 0 saturated carbocycles. The van der Waals surface area contributed by atoms with Crippen molar-refractivity contribution >= 4 is 17.2 Å². The fourth-order valence-electron chi connectivity index (χ4n) is 1.23. The number of nitrogens with zero attached hydrogens (tertiary/aromatic N) is 1. The van der Waals surface area contributed by atoms with Crippen LogP contribution in [0.15, 0.2) is 30.0 Å². The molecule has 0 aliphatic heterocycles. The summed E-state index contributed by atoms with van der Waals surface area (Å²) in [4.78, 5) is 19.3. The standard InChI is InChI=1S/C10H11N3OS/c14-10(9-6-11-7-13-9)12-4-3-8-2-1-5-15-8/h1-2,5-7H,3-4H2,(H,11,13)(H,12,14). The van der Waals surface area contributed by atoms with E-state index in [2.05, 4.69) is 21.4 Å². The van der Waals surface area contributed by atoms with Gasteiger partial charge in [0.25, 0.3) is 5.91 Å². The minimum atomic E-state index is -0.107. The third kappa shape index (κ3) is 2.66. The van der Waals surface area contributed by atoms with E-state index < -0.39 is 0 Å². The van der Waals surface area contributed by atoms with Crippen molar-refractivity contribution in [3.63, 3.8) is 0 Å². The van der Waals surface area contributed by atoms with Gasteiger partial charge in [-0.25, -0.2) is 4.98 Å². The summed E-state index contributed by atoms with van der Waals surface area (Å²) in [7, 11) is 0. The molecule has 5 heteroatoms. The van der Waals surface area contributed by atoms with Crippen LogP contribution >= 0.6 is 11.3 Å². The number of imidazole rings is 1. The molecule has 0 aliphatic rings. The van der Waals surface area contributed by atoms with Gasteiger partial charge in [0.15, 0.2) is 0 Å². The molecule has 0 saturated heterocycles. The Bertz CT molecular complexity index is 408. The molecule has 0 bridgehead atoms. The van der Waals surface area contributed by atoms with Crippen molar-refractivity contribution < 1.29 is 4.79 Å². The highest BCUT2D eigenvalue weighted by atomic mass is 32.1. The molecule has 0 radical (unpaired) electrons. The molecule has 0 atom stereocenters. The van der Waals surface area contributed by atoms with Crippen LogP contribution in [0.1, 0.15) is 15.4 Å². The topological polar surface area (TPSA) is 57.8 Å². The van der Waals surface area contributed by atoms with E-state index in [0.717, 1.165) is 6.42 Å². The highest BCUT2D eigenvalue weighted by Crippen LogP contribution is 2.08. The number of carbonyl (C=O) groups is 1. The summed E-state index contributed by atoms with van der Waals surface area (Å²) in [6.45, 7) is 0.651. The predicted octanol–water partition coefficient (Wildman–Crippen LogP) is 1.44. The molecular weight excluding hydrogens is 210 g/mol. The number of H-pyrrole nitrogens is 1. The number of aromatic nitrogens is 2. The average Bonchev–Trinajstić information content (AvgIpc) is 2.90. The molecule has 2 N–H and O–H groups in total. The summed E-state index contributed by atoms with van der Waals surface area (Å²) in [5.74, 6) is -0.107. The van der Waals surface area contributed by atoms with Crippen LogP contribution in [0.3, 0.4) is 0 Å². The van der Waals surface area contributed by atoms with Crippen molar-refractivity contribution in [3.05, 3.63) is 40.6 Å². The monoisotopic (exact) mass is 221 g/mol. The Kier molecular flexibility index (Phi) is 3.14. The van der Waals surface area contributed by atoms with Gasteiger partial charge < -0.3 is 10.3 Å². The Morgan fingerprint density at radius 1 is 1.60 bits per heavy atom. The van der Waals surface area contributed by atoms with Crippen molar-refractivity contribution in [3.8, 4) is 0 Å². The number of hydrogen-bond acceptors (Lipinski definition) is 3. The SMILES string of the molecule is O=C(NCCc1cccs1)c1cnc[nH]1. The fourth-order valence-corrected chi connectivity index (χ4v) is 1.94. The lowest BCUT2D eigenvalue weighted by molar-refractivity contribution is 0.0950. The summed E-state index contributed by atoms with van der Waals surface area (Å²) >= 11 is 1.70. The molecular formula is C10H11N3OS. The van der Waals surface area contributed by atoms with Crippen molar-refractivity contribution in [1.29, 1.82) is 0 Å². The van der Waals surface area contributed by atoms with E-state index in [1.807, 2.05) is 11.4 Å². The zero-order valence-electron chi connectivity index (χ0n) is 8.06. The molecule has 0 aromatic carbocycles. The molecule has 2 heterocycles. The number of amides is 1. The second kappa shape index (κ2) is 4.75. The highest BCUT2D eigenvalue weighted by Gasteiger charge is 2.05. The zero-order chi connectivity index (χ0) is 10.5. The maximum absolute atomic E-state index is 11.5. The number of rotatable bonds is 4. The number of nitrogens with one attached hydrogen (secondary N) is 2. The van der Waals surface area contributed by atoms with Crippen LogP contribution in [0.5, 0.6) is 0 Å². The first kappa shape index (κ1) is 9.92. The van der Waals surface area contributed by atoms with E-state index in [-0.39, 0.29) is 5.91 Å². The Balaban J connectivity index is 1.77.